The Morgan fingerprint density at radius 1 is 1.18 bits per heavy atom. The predicted octanol–water partition coefficient (Wildman–Crippen LogP) is 3.00. The van der Waals surface area contributed by atoms with Crippen molar-refractivity contribution in [3.05, 3.63) is 29.8 Å². The van der Waals surface area contributed by atoms with Gasteiger partial charge < -0.3 is 9.64 Å². The van der Waals surface area contributed by atoms with Crippen LogP contribution < -0.4 is 4.74 Å². The van der Waals surface area contributed by atoms with Crippen LogP contribution in [0.25, 0.3) is 0 Å². The van der Waals surface area contributed by atoms with E-state index >= 15 is 0 Å². The van der Waals surface area contributed by atoms with E-state index in [0.29, 0.717) is 6.10 Å². The van der Waals surface area contributed by atoms with E-state index in [2.05, 4.69) is 43.1 Å². The zero-order chi connectivity index (χ0) is 11.8. The number of fused-ring (bicyclic) bond motifs is 2. The molecule has 0 amide bonds. The fourth-order valence-corrected chi connectivity index (χ4v) is 3.34. The van der Waals surface area contributed by atoms with E-state index in [0.717, 1.165) is 17.8 Å². The molecule has 17 heavy (non-hydrogen) atoms. The van der Waals surface area contributed by atoms with Gasteiger partial charge in [0.05, 0.1) is 0 Å². The first-order valence-electron chi connectivity index (χ1n) is 6.67. The molecular weight excluding hydrogens is 210 g/mol. The van der Waals surface area contributed by atoms with Gasteiger partial charge in [-0.1, -0.05) is 12.1 Å². The monoisotopic (exact) mass is 231 g/mol. The van der Waals surface area contributed by atoms with Gasteiger partial charge >= 0.3 is 0 Å². The van der Waals surface area contributed by atoms with Gasteiger partial charge in [-0.2, -0.15) is 0 Å². The smallest absolute Gasteiger partial charge is 0.119 e. The number of ether oxygens (including phenoxy) is 1. The second-order valence-corrected chi connectivity index (χ2v) is 5.58. The molecule has 2 aliphatic rings. The van der Waals surface area contributed by atoms with E-state index in [1.54, 1.807) is 0 Å². The van der Waals surface area contributed by atoms with Crippen molar-refractivity contribution in [3.63, 3.8) is 0 Å². The molecule has 2 heterocycles. The van der Waals surface area contributed by atoms with Gasteiger partial charge in [0, 0.05) is 12.1 Å². The first kappa shape index (κ1) is 11.1. The number of rotatable bonds is 2. The van der Waals surface area contributed by atoms with Crippen LogP contribution in [0.15, 0.2) is 24.3 Å². The van der Waals surface area contributed by atoms with Crippen LogP contribution in [0.3, 0.4) is 0 Å². The maximum Gasteiger partial charge on any atom is 0.119 e. The third-order valence-electron chi connectivity index (χ3n) is 4.35. The van der Waals surface area contributed by atoms with Gasteiger partial charge in [-0.15, -0.1) is 0 Å². The number of hydrogen-bond acceptors (Lipinski definition) is 2. The second-order valence-electron chi connectivity index (χ2n) is 5.58. The van der Waals surface area contributed by atoms with E-state index in [-0.39, 0.29) is 0 Å². The molecular formula is C15H21NO. The Labute approximate surface area is 104 Å². The van der Waals surface area contributed by atoms with E-state index in [9.17, 15) is 0 Å². The van der Waals surface area contributed by atoms with Gasteiger partial charge in [0.2, 0.25) is 0 Å². The van der Waals surface area contributed by atoms with E-state index in [1.807, 2.05) is 0 Å². The summed E-state index contributed by atoms with van der Waals surface area (Å²) in [6, 6.07) is 9.92. The van der Waals surface area contributed by atoms with Crippen molar-refractivity contribution in [2.24, 2.45) is 0 Å². The first-order chi connectivity index (χ1) is 8.22. The molecule has 1 aromatic carbocycles. The van der Waals surface area contributed by atoms with E-state index < -0.39 is 0 Å². The van der Waals surface area contributed by atoms with Crippen molar-refractivity contribution in [3.8, 4) is 5.75 Å². The van der Waals surface area contributed by atoms with Crippen molar-refractivity contribution in [2.75, 3.05) is 7.05 Å². The Hall–Kier alpha value is -1.02. The summed E-state index contributed by atoms with van der Waals surface area (Å²) in [7, 11) is 2.27. The molecule has 2 bridgehead atoms. The van der Waals surface area contributed by atoms with Crippen molar-refractivity contribution < 1.29 is 4.74 Å². The average molecular weight is 231 g/mol. The maximum absolute atomic E-state index is 6.14. The molecule has 2 aliphatic heterocycles. The van der Waals surface area contributed by atoms with Gasteiger partial charge in [0.1, 0.15) is 11.9 Å². The van der Waals surface area contributed by atoms with Crippen LogP contribution in [0.4, 0.5) is 0 Å². The fraction of sp³-hybridized carbons (Fsp3) is 0.600. The highest BCUT2D eigenvalue weighted by Crippen LogP contribution is 2.35. The lowest BCUT2D eigenvalue weighted by molar-refractivity contribution is 0.0661. The third-order valence-corrected chi connectivity index (χ3v) is 4.35. The van der Waals surface area contributed by atoms with Gasteiger partial charge in [-0.05, 0) is 57.4 Å². The fourth-order valence-electron chi connectivity index (χ4n) is 3.34. The molecule has 1 aromatic rings. The Balaban J connectivity index is 1.67. The number of nitrogens with zero attached hydrogens (tertiary/aromatic N) is 1. The van der Waals surface area contributed by atoms with Crippen LogP contribution in [-0.2, 0) is 0 Å². The van der Waals surface area contributed by atoms with Crippen molar-refractivity contribution >= 4 is 0 Å². The molecule has 2 unspecified atom stereocenters. The minimum Gasteiger partial charge on any atom is -0.490 e. The highest BCUT2D eigenvalue weighted by atomic mass is 16.5. The molecule has 2 saturated heterocycles. The summed E-state index contributed by atoms with van der Waals surface area (Å²) in [6.07, 6.45) is 5.52. The average Bonchev–Trinajstić information content (AvgIpc) is 2.52. The molecule has 0 aliphatic carbocycles. The number of aryl methyl sites for hydroxylation is 1. The van der Waals surface area contributed by atoms with Crippen LogP contribution in [0.1, 0.15) is 31.2 Å². The molecule has 2 nitrogen and oxygen atoms in total. The van der Waals surface area contributed by atoms with E-state index in [1.165, 1.54) is 31.2 Å². The molecule has 3 rings (SSSR count). The van der Waals surface area contributed by atoms with Gasteiger partial charge in [-0.25, -0.2) is 0 Å². The molecule has 0 saturated carbocycles. The van der Waals surface area contributed by atoms with Gasteiger partial charge in [-0.3, -0.25) is 0 Å². The molecule has 92 valence electrons. The summed E-state index contributed by atoms with van der Waals surface area (Å²) in [5, 5.41) is 0. The van der Waals surface area contributed by atoms with Crippen LogP contribution >= 0.6 is 0 Å². The first-order valence-corrected chi connectivity index (χ1v) is 6.67. The second kappa shape index (κ2) is 4.34. The molecule has 2 heteroatoms. The highest BCUT2D eigenvalue weighted by Gasteiger charge is 2.39. The molecule has 0 aromatic heterocycles. The third kappa shape index (κ3) is 2.19. The Bertz CT molecular complexity index is 390. The summed E-state index contributed by atoms with van der Waals surface area (Å²) < 4.78 is 6.14. The lowest BCUT2D eigenvalue weighted by Crippen LogP contribution is -2.43. The lowest BCUT2D eigenvalue weighted by Gasteiger charge is -2.36. The Kier molecular flexibility index (Phi) is 2.83. The zero-order valence-electron chi connectivity index (χ0n) is 10.7. The molecule has 0 N–H and O–H groups in total. The molecule has 0 spiro atoms. The topological polar surface area (TPSA) is 12.5 Å². The van der Waals surface area contributed by atoms with Crippen LogP contribution in [-0.4, -0.2) is 30.1 Å². The largest absolute Gasteiger partial charge is 0.490 e. The quantitative estimate of drug-likeness (QED) is 0.776. The minimum atomic E-state index is 0.422. The molecule has 0 radical (unpaired) electrons. The SMILES string of the molecule is Cc1cccc(OC2CC3CCC(C2)N3C)c1. The van der Waals surface area contributed by atoms with Crippen LogP contribution in [0.2, 0.25) is 0 Å². The van der Waals surface area contributed by atoms with Crippen LogP contribution in [0, 0.1) is 6.92 Å². The van der Waals surface area contributed by atoms with Gasteiger partial charge in [0.25, 0.3) is 0 Å². The van der Waals surface area contributed by atoms with Crippen molar-refractivity contribution in [1.29, 1.82) is 0 Å². The van der Waals surface area contributed by atoms with E-state index in [4.69, 9.17) is 4.74 Å². The van der Waals surface area contributed by atoms with Crippen molar-refractivity contribution in [2.45, 2.75) is 50.8 Å². The minimum absolute atomic E-state index is 0.422. The van der Waals surface area contributed by atoms with Crippen LogP contribution in [0.5, 0.6) is 5.75 Å². The molecule has 2 fully saturated rings. The lowest BCUT2D eigenvalue weighted by atomic mass is 10.0. The summed E-state index contributed by atoms with van der Waals surface area (Å²) in [5.74, 6) is 1.04. The highest BCUT2D eigenvalue weighted by molar-refractivity contribution is 5.27. The number of hydrogen-bond donors (Lipinski definition) is 0. The summed E-state index contributed by atoms with van der Waals surface area (Å²) >= 11 is 0. The molecule has 2 atom stereocenters. The standard InChI is InChI=1S/C15H21NO/c1-11-4-3-5-14(8-11)17-15-9-12-6-7-13(10-15)16(12)2/h3-5,8,12-13,15H,6-7,9-10H2,1-2H3. The zero-order valence-corrected chi connectivity index (χ0v) is 10.7. The van der Waals surface area contributed by atoms with Crippen molar-refractivity contribution in [1.82, 2.24) is 4.90 Å². The predicted molar refractivity (Wildman–Crippen MR) is 69.4 cm³/mol. The maximum atomic E-state index is 6.14. The summed E-state index contributed by atoms with van der Waals surface area (Å²) in [4.78, 5) is 2.55. The normalized spacial score (nSPS) is 32.7. The Morgan fingerprint density at radius 3 is 2.53 bits per heavy atom. The van der Waals surface area contributed by atoms with Gasteiger partial charge in [0.15, 0.2) is 0 Å². The summed E-state index contributed by atoms with van der Waals surface area (Å²) in [5.41, 5.74) is 1.28. The summed E-state index contributed by atoms with van der Waals surface area (Å²) in [6.45, 7) is 2.12. The number of piperidine rings is 1. The Morgan fingerprint density at radius 2 is 1.88 bits per heavy atom. The number of benzene rings is 1.